The molecule has 0 saturated carbocycles. The Bertz CT molecular complexity index is 741. The Labute approximate surface area is 123 Å². The summed E-state index contributed by atoms with van der Waals surface area (Å²) in [5.74, 6) is 0.185. The Hall–Kier alpha value is -2.80. The van der Waals surface area contributed by atoms with Crippen LogP contribution in [0.5, 0.6) is 5.75 Å². The molecule has 0 saturated heterocycles. The number of carbonyl (C=O) groups excluding carboxylic acids is 1. The van der Waals surface area contributed by atoms with Crippen LogP contribution in [0.1, 0.15) is 12.5 Å². The van der Waals surface area contributed by atoms with Gasteiger partial charge in [-0.3, -0.25) is 0 Å². The molecule has 0 radical (unpaired) electrons. The first-order chi connectivity index (χ1) is 10.2. The van der Waals surface area contributed by atoms with Gasteiger partial charge in [0.25, 0.3) is 0 Å². The number of benzene rings is 2. The molecule has 0 heterocycles. The maximum absolute atomic E-state index is 11.6. The number of hydrogen-bond acceptors (Lipinski definition) is 4. The van der Waals surface area contributed by atoms with Crippen molar-refractivity contribution in [2.75, 3.05) is 13.7 Å². The third-order valence-corrected chi connectivity index (χ3v) is 3.00. The fraction of sp³-hybridized carbons (Fsp3) is 0.176. The molecule has 2 aromatic carbocycles. The molecule has 0 aliphatic carbocycles. The minimum Gasteiger partial charge on any atom is -0.497 e. The molecule has 0 atom stereocenters. The van der Waals surface area contributed by atoms with Crippen molar-refractivity contribution in [3.63, 3.8) is 0 Å². The molecule has 0 spiro atoms. The second kappa shape index (κ2) is 6.58. The molecule has 21 heavy (non-hydrogen) atoms. The molecule has 4 heteroatoms. The van der Waals surface area contributed by atoms with Crippen molar-refractivity contribution in [2.45, 2.75) is 6.92 Å². The SMILES string of the molecule is CCOC(=O)C(C#N)=Cc1ccc2cc(OC)ccc2c1. The van der Waals surface area contributed by atoms with E-state index in [2.05, 4.69) is 0 Å². The molecular formula is C17H15NO3. The van der Waals surface area contributed by atoms with Gasteiger partial charge in [-0.05, 0) is 47.5 Å². The summed E-state index contributed by atoms with van der Waals surface area (Å²) in [6.45, 7) is 1.95. The molecular weight excluding hydrogens is 266 g/mol. The largest absolute Gasteiger partial charge is 0.497 e. The summed E-state index contributed by atoms with van der Waals surface area (Å²) in [4.78, 5) is 11.6. The van der Waals surface area contributed by atoms with Crippen LogP contribution in [0.3, 0.4) is 0 Å². The lowest BCUT2D eigenvalue weighted by Crippen LogP contribution is -2.05. The maximum Gasteiger partial charge on any atom is 0.348 e. The van der Waals surface area contributed by atoms with Crippen molar-refractivity contribution in [1.82, 2.24) is 0 Å². The average Bonchev–Trinajstić information content (AvgIpc) is 2.52. The van der Waals surface area contributed by atoms with Gasteiger partial charge in [-0.2, -0.15) is 5.26 Å². The predicted octanol–water partition coefficient (Wildman–Crippen LogP) is 3.32. The number of hydrogen-bond donors (Lipinski definition) is 0. The molecule has 0 fully saturated rings. The van der Waals surface area contributed by atoms with Gasteiger partial charge in [0.15, 0.2) is 0 Å². The van der Waals surface area contributed by atoms with Crippen LogP contribution in [0.4, 0.5) is 0 Å². The number of carbonyl (C=O) groups is 1. The van der Waals surface area contributed by atoms with E-state index in [0.717, 1.165) is 22.1 Å². The third kappa shape index (κ3) is 3.40. The zero-order chi connectivity index (χ0) is 15.2. The molecule has 0 amide bonds. The highest BCUT2D eigenvalue weighted by atomic mass is 16.5. The zero-order valence-corrected chi connectivity index (χ0v) is 11.9. The van der Waals surface area contributed by atoms with Crippen molar-refractivity contribution in [3.05, 3.63) is 47.5 Å². The van der Waals surface area contributed by atoms with Crippen molar-refractivity contribution < 1.29 is 14.3 Å². The Kier molecular flexibility index (Phi) is 4.57. The lowest BCUT2D eigenvalue weighted by atomic mass is 10.0. The maximum atomic E-state index is 11.6. The van der Waals surface area contributed by atoms with Crippen LogP contribution in [-0.4, -0.2) is 19.7 Å². The highest BCUT2D eigenvalue weighted by Crippen LogP contribution is 2.22. The molecule has 0 aliphatic rings. The molecule has 0 bridgehead atoms. The monoisotopic (exact) mass is 281 g/mol. The van der Waals surface area contributed by atoms with Gasteiger partial charge in [0.05, 0.1) is 13.7 Å². The Morgan fingerprint density at radius 3 is 2.62 bits per heavy atom. The lowest BCUT2D eigenvalue weighted by Gasteiger charge is -2.04. The lowest BCUT2D eigenvalue weighted by molar-refractivity contribution is -0.137. The topological polar surface area (TPSA) is 59.3 Å². The van der Waals surface area contributed by atoms with E-state index in [4.69, 9.17) is 14.7 Å². The standard InChI is InChI=1S/C17H15NO3/c1-3-21-17(19)15(11-18)9-12-4-5-14-10-16(20-2)7-6-13(14)8-12/h4-10H,3H2,1-2H3. The molecule has 106 valence electrons. The van der Waals surface area contributed by atoms with Crippen molar-refractivity contribution in [3.8, 4) is 11.8 Å². The van der Waals surface area contributed by atoms with E-state index < -0.39 is 5.97 Å². The molecule has 0 aromatic heterocycles. The van der Waals surface area contributed by atoms with Gasteiger partial charge < -0.3 is 9.47 Å². The van der Waals surface area contributed by atoms with Crippen LogP contribution in [0.2, 0.25) is 0 Å². The van der Waals surface area contributed by atoms with E-state index in [1.54, 1.807) is 14.0 Å². The Balaban J connectivity index is 2.38. The van der Waals surface area contributed by atoms with Crippen LogP contribution < -0.4 is 4.74 Å². The smallest absolute Gasteiger partial charge is 0.348 e. The van der Waals surface area contributed by atoms with Gasteiger partial charge in [0.2, 0.25) is 0 Å². The first kappa shape index (κ1) is 14.6. The number of nitriles is 1. The summed E-state index contributed by atoms with van der Waals surface area (Å²) in [5.41, 5.74) is 0.766. The number of ether oxygens (including phenoxy) is 2. The quantitative estimate of drug-likeness (QED) is 0.490. The molecule has 2 aromatic rings. The van der Waals surface area contributed by atoms with Crippen LogP contribution in [-0.2, 0) is 9.53 Å². The van der Waals surface area contributed by atoms with Crippen LogP contribution in [0, 0.1) is 11.3 Å². The molecule has 4 nitrogen and oxygen atoms in total. The first-order valence-corrected chi connectivity index (χ1v) is 6.54. The van der Waals surface area contributed by atoms with Crippen LogP contribution >= 0.6 is 0 Å². The molecule has 2 rings (SSSR count). The third-order valence-electron chi connectivity index (χ3n) is 3.00. The molecule has 0 unspecified atom stereocenters. The zero-order valence-electron chi connectivity index (χ0n) is 11.9. The second-order valence-electron chi connectivity index (χ2n) is 4.36. The fourth-order valence-electron chi connectivity index (χ4n) is 1.97. The Morgan fingerprint density at radius 1 is 1.24 bits per heavy atom. The predicted molar refractivity (Wildman–Crippen MR) is 80.7 cm³/mol. The summed E-state index contributed by atoms with van der Waals surface area (Å²) in [5, 5.41) is 11.1. The Morgan fingerprint density at radius 2 is 1.95 bits per heavy atom. The van der Waals surface area contributed by atoms with Crippen molar-refractivity contribution in [1.29, 1.82) is 5.26 Å². The van der Waals surface area contributed by atoms with Crippen LogP contribution in [0.15, 0.2) is 42.0 Å². The summed E-state index contributed by atoms with van der Waals surface area (Å²) < 4.78 is 10.0. The highest BCUT2D eigenvalue weighted by molar-refractivity contribution is 5.98. The summed E-state index contributed by atoms with van der Waals surface area (Å²) in [7, 11) is 1.62. The number of rotatable bonds is 4. The summed E-state index contributed by atoms with van der Waals surface area (Å²) in [6, 6.07) is 13.3. The normalized spacial score (nSPS) is 11.0. The van der Waals surface area contributed by atoms with Crippen molar-refractivity contribution >= 4 is 22.8 Å². The van der Waals surface area contributed by atoms with E-state index in [0.29, 0.717) is 0 Å². The van der Waals surface area contributed by atoms with Gasteiger partial charge in [-0.15, -0.1) is 0 Å². The van der Waals surface area contributed by atoms with Gasteiger partial charge in [-0.25, -0.2) is 4.79 Å². The average molecular weight is 281 g/mol. The second-order valence-corrected chi connectivity index (χ2v) is 4.36. The van der Waals surface area contributed by atoms with Gasteiger partial charge in [0, 0.05) is 0 Å². The first-order valence-electron chi connectivity index (χ1n) is 6.54. The number of fused-ring (bicyclic) bond motifs is 1. The van der Waals surface area contributed by atoms with Gasteiger partial charge >= 0.3 is 5.97 Å². The number of esters is 1. The summed E-state index contributed by atoms with van der Waals surface area (Å²) >= 11 is 0. The van der Waals surface area contributed by atoms with E-state index in [1.165, 1.54) is 6.08 Å². The van der Waals surface area contributed by atoms with Gasteiger partial charge in [-0.1, -0.05) is 18.2 Å². The van der Waals surface area contributed by atoms with Crippen molar-refractivity contribution in [2.24, 2.45) is 0 Å². The van der Waals surface area contributed by atoms with Gasteiger partial charge in [0.1, 0.15) is 17.4 Å². The summed E-state index contributed by atoms with van der Waals surface area (Å²) in [6.07, 6.45) is 1.53. The minimum atomic E-state index is -0.602. The van der Waals surface area contributed by atoms with E-state index in [9.17, 15) is 4.79 Å². The highest BCUT2D eigenvalue weighted by Gasteiger charge is 2.09. The minimum absolute atomic E-state index is 0.00953. The van der Waals surface area contributed by atoms with E-state index in [-0.39, 0.29) is 12.2 Å². The molecule has 0 aliphatic heterocycles. The molecule has 0 N–H and O–H groups in total. The van der Waals surface area contributed by atoms with E-state index in [1.807, 2.05) is 42.5 Å². The van der Waals surface area contributed by atoms with Crippen LogP contribution in [0.25, 0.3) is 16.8 Å². The van der Waals surface area contributed by atoms with E-state index >= 15 is 0 Å². The number of nitrogens with zero attached hydrogens (tertiary/aromatic N) is 1. The number of methoxy groups -OCH3 is 1. The fourth-order valence-corrected chi connectivity index (χ4v) is 1.97.